The fourth-order valence-corrected chi connectivity index (χ4v) is 4.52. The van der Waals surface area contributed by atoms with Gasteiger partial charge in [-0.3, -0.25) is 9.78 Å². The van der Waals surface area contributed by atoms with Crippen LogP contribution in [0.15, 0.2) is 65.7 Å². The molecule has 0 saturated carbocycles. The number of halogens is 12. The molecule has 1 N–H and O–H groups in total. The van der Waals surface area contributed by atoms with Crippen LogP contribution in [-0.2, 0) is 36.2 Å². The van der Waals surface area contributed by atoms with E-state index in [4.69, 9.17) is 0 Å². The number of hydrogen-bond acceptors (Lipinski definition) is 7. The van der Waals surface area contributed by atoms with Crippen LogP contribution in [0.25, 0.3) is 21.5 Å². The molecule has 22 heteroatoms. The Morgan fingerprint density at radius 3 is 1.47 bits per heavy atom. The van der Waals surface area contributed by atoms with E-state index in [1.807, 2.05) is 3.63 Å². The van der Waals surface area contributed by atoms with Gasteiger partial charge in [-0.25, -0.2) is 0 Å². The van der Waals surface area contributed by atoms with Crippen LogP contribution in [0.3, 0.4) is 0 Å². The van der Waals surface area contributed by atoms with Crippen LogP contribution in [0.2, 0.25) is 0 Å². The number of hydrogen-bond donors (Lipinski definition) is 1. The van der Waals surface area contributed by atoms with E-state index in [0.29, 0.717) is 21.9 Å². The molecular weight excluding hydrogens is 692 g/mol. The van der Waals surface area contributed by atoms with E-state index in [-0.39, 0.29) is 5.39 Å². The van der Waals surface area contributed by atoms with Gasteiger partial charge in [-0.15, -0.1) is 3.63 Å². The van der Waals surface area contributed by atoms with Gasteiger partial charge in [-0.1, -0.05) is 12.1 Å². The highest BCUT2D eigenvalue weighted by Crippen LogP contribution is 2.33. The molecule has 0 radical (unpaired) electrons. The van der Waals surface area contributed by atoms with Gasteiger partial charge in [0.05, 0.1) is 11.1 Å². The van der Waals surface area contributed by atoms with Crippen molar-refractivity contribution in [2.45, 2.75) is 30.3 Å². The molecule has 4 aromatic rings. The average Bonchev–Trinajstić information content (AvgIpc) is 2.85. The monoisotopic (exact) mass is 706 g/mol. The minimum Gasteiger partial charge on any atom is -0.328 e. The molecule has 0 spiro atoms. The van der Waals surface area contributed by atoms with Gasteiger partial charge in [0.25, 0.3) is 0 Å². The lowest BCUT2D eigenvalue weighted by molar-refractivity contribution is -0.138. The van der Waals surface area contributed by atoms with E-state index in [0.717, 1.165) is 30.3 Å². The number of rotatable bonds is 2. The van der Waals surface area contributed by atoms with Crippen molar-refractivity contribution in [1.82, 2.24) is 9.97 Å². The Labute approximate surface area is 243 Å². The van der Waals surface area contributed by atoms with Crippen molar-refractivity contribution >= 4 is 41.8 Å². The molecule has 0 aliphatic carbocycles. The summed E-state index contributed by atoms with van der Waals surface area (Å²) in [6.07, 6.45) is -5.70. The summed E-state index contributed by atoms with van der Waals surface area (Å²) >= 11 is 0. The number of alkyl halides is 12. The zero-order valence-electron chi connectivity index (χ0n) is 21.5. The van der Waals surface area contributed by atoms with Crippen molar-refractivity contribution in [1.29, 1.82) is 0 Å². The standard InChI is InChI=1S/C11H8F3N.C10H6F3NO.C2F6O5S2/c1-7-4-9-5-10(11(12,13)14)3-2-8(9)6-15-7;11-10(12,13)8-2-1-6-5-14-9(15)4-7(6)3-8;3-1(4,5)14(9,10)13-15(11,12)2(6,7)8/h2-6H,1H3;1-5H,(H,14,15);. The molecule has 0 aliphatic heterocycles. The predicted molar refractivity (Wildman–Crippen MR) is 132 cm³/mol. The zero-order valence-corrected chi connectivity index (χ0v) is 23.2. The number of nitrogens with one attached hydrogen (secondary N) is 1. The zero-order chi connectivity index (χ0) is 34.8. The number of aromatic amines is 1. The summed E-state index contributed by atoms with van der Waals surface area (Å²) < 4.78 is 184. The molecule has 0 aliphatic rings. The highest BCUT2D eigenvalue weighted by Gasteiger charge is 2.57. The molecule has 0 unspecified atom stereocenters. The number of H-pyrrole nitrogens is 1. The summed E-state index contributed by atoms with van der Waals surface area (Å²) in [5, 5.41) is 2.14. The van der Waals surface area contributed by atoms with Crippen LogP contribution in [0, 0.1) is 6.92 Å². The summed E-state index contributed by atoms with van der Waals surface area (Å²) in [7, 11) is -13.7. The van der Waals surface area contributed by atoms with Gasteiger partial charge in [0, 0.05) is 29.5 Å². The lowest BCUT2D eigenvalue weighted by atomic mass is 10.1. The lowest BCUT2D eigenvalue weighted by Crippen LogP contribution is -2.34. The number of aryl methyl sites for hydroxylation is 1. The van der Waals surface area contributed by atoms with Crippen LogP contribution in [0.1, 0.15) is 16.8 Å². The fraction of sp³-hybridized carbons (Fsp3) is 0.217. The maximum atomic E-state index is 12.4. The van der Waals surface area contributed by atoms with Gasteiger partial charge in [-0.05, 0) is 53.4 Å². The normalized spacial score (nSPS) is 13.1. The second-order valence-corrected chi connectivity index (χ2v) is 11.7. The molecule has 0 atom stereocenters. The van der Waals surface area contributed by atoms with Crippen LogP contribution in [-0.4, -0.2) is 37.8 Å². The van der Waals surface area contributed by atoms with Crippen molar-refractivity contribution < 1.29 is 73.1 Å². The Hall–Kier alpha value is -3.92. The third-order valence-corrected chi connectivity index (χ3v) is 7.57. The van der Waals surface area contributed by atoms with Crippen molar-refractivity contribution in [3.8, 4) is 0 Å². The minimum atomic E-state index is -6.85. The third-order valence-electron chi connectivity index (χ3n) is 5.00. The quantitative estimate of drug-likeness (QED) is 0.180. The van der Waals surface area contributed by atoms with Gasteiger partial charge in [0.15, 0.2) is 0 Å². The first-order chi connectivity index (χ1) is 20.1. The lowest BCUT2D eigenvalue weighted by Gasteiger charge is -2.09. The summed E-state index contributed by atoms with van der Waals surface area (Å²) in [6.45, 7) is 1.75. The second kappa shape index (κ2) is 12.8. The highest BCUT2D eigenvalue weighted by atomic mass is 32.3. The summed E-state index contributed by atoms with van der Waals surface area (Å²) in [4.78, 5) is 17.3. The molecule has 0 amide bonds. The molecule has 2 aromatic heterocycles. The second-order valence-electron chi connectivity index (χ2n) is 8.39. The molecule has 4 rings (SSSR count). The molecule has 45 heavy (non-hydrogen) atoms. The van der Waals surface area contributed by atoms with Crippen LogP contribution < -0.4 is 5.56 Å². The Morgan fingerprint density at radius 1 is 0.622 bits per heavy atom. The smallest absolute Gasteiger partial charge is 0.328 e. The molecule has 0 bridgehead atoms. The average molecular weight is 706 g/mol. The predicted octanol–water partition coefficient (Wildman–Crippen LogP) is 6.81. The van der Waals surface area contributed by atoms with Crippen LogP contribution in [0.5, 0.6) is 0 Å². The summed E-state index contributed by atoms with van der Waals surface area (Å²) in [5.41, 5.74) is -13.6. The fourth-order valence-electron chi connectivity index (χ4n) is 2.96. The van der Waals surface area contributed by atoms with Gasteiger partial charge < -0.3 is 4.98 Å². The van der Waals surface area contributed by atoms with Crippen molar-refractivity contribution in [3.05, 3.63) is 88.1 Å². The van der Waals surface area contributed by atoms with Gasteiger partial charge in [0.2, 0.25) is 5.56 Å². The van der Waals surface area contributed by atoms with E-state index in [1.54, 1.807) is 19.2 Å². The molecule has 2 heterocycles. The summed E-state index contributed by atoms with van der Waals surface area (Å²) in [5.74, 6) is 0. The molecule has 0 saturated heterocycles. The Balaban J connectivity index is 0.000000235. The summed E-state index contributed by atoms with van der Waals surface area (Å²) in [6, 6.07) is 9.71. The third kappa shape index (κ3) is 10.0. The minimum absolute atomic E-state index is 0.286. The molecule has 0 fully saturated rings. The Morgan fingerprint density at radius 2 is 1.04 bits per heavy atom. The molecular formula is C23H14F12N2O6S2. The maximum Gasteiger partial charge on any atom is 0.524 e. The van der Waals surface area contributed by atoms with E-state index in [2.05, 4.69) is 9.97 Å². The first-order valence-electron chi connectivity index (χ1n) is 11.1. The number of pyridine rings is 2. The van der Waals surface area contributed by atoms with Gasteiger partial charge in [0.1, 0.15) is 0 Å². The van der Waals surface area contributed by atoms with Crippen molar-refractivity contribution in [3.63, 3.8) is 0 Å². The van der Waals surface area contributed by atoms with E-state index in [9.17, 15) is 74.3 Å². The molecule has 8 nitrogen and oxygen atoms in total. The topological polar surface area (TPSA) is 123 Å². The van der Waals surface area contributed by atoms with Crippen molar-refractivity contribution in [2.75, 3.05) is 0 Å². The van der Waals surface area contributed by atoms with E-state index >= 15 is 0 Å². The van der Waals surface area contributed by atoms with E-state index in [1.165, 1.54) is 18.3 Å². The number of fused-ring (bicyclic) bond motifs is 2. The molecule has 248 valence electrons. The van der Waals surface area contributed by atoms with Gasteiger partial charge >= 0.3 is 43.6 Å². The SMILES string of the molecule is Cc1cc2cc(C(F)(F)F)ccc2cn1.O=S(=O)(OS(=O)(=O)C(F)(F)F)C(F)(F)F.O=c1cc2cc(C(F)(F)F)ccc2c[nH]1. The van der Waals surface area contributed by atoms with Gasteiger partial charge in [-0.2, -0.15) is 69.5 Å². The van der Waals surface area contributed by atoms with Crippen molar-refractivity contribution in [2.24, 2.45) is 0 Å². The first kappa shape index (κ1) is 37.3. The van der Waals surface area contributed by atoms with Crippen LogP contribution in [0.4, 0.5) is 52.7 Å². The Bertz CT molecular complexity index is 1910. The Kier molecular flexibility index (Phi) is 10.6. The van der Waals surface area contributed by atoms with Crippen LogP contribution >= 0.6 is 0 Å². The number of benzene rings is 2. The number of nitrogens with zero attached hydrogens (tertiary/aromatic N) is 1. The van der Waals surface area contributed by atoms with E-state index < -0.39 is 60.3 Å². The molecule has 2 aromatic carbocycles. The number of aromatic nitrogens is 2. The highest BCUT2D eigenvalue weighted by molar-refractivity contribution is 8.00. The largest absolute Gasteiger partial charge is 0.524 e. The maximum absolute atomic E-state index is 12.4. The first-order valence-corrected chi connectivity index (χ1v) is 13.9.